The van der Waals surface area contributed by atoms with Gasteiger partial charge in [-0.2, -0.15) is 0 Å². The molecule has 2 aromatic carbocycles. The van der Waals surface area contributed by atoms with E-state index in [4.69, 9.17) is 9.47 Å². The Bertz CT molecular complexity index is 954. The van der Waals surface area contributed by atoms with Crippen molar-refractivity contribution in [3.63, 3.8) is 0 Å². The van der Waals surface area contributed by atoms with Gasteiger partial charge in [0.2, 0.25) is 11.0 Å². The summed E-state index contributed by atoms with van der Waals surface area (Å²) in [4.78, 5) is 14.9. The monoisotopic (exact) mass is 411 g/mol. The summed E-state index contributed by atoms with van der Waals surface area (Å²) in [7, 11) is 3.25. The SMILES string of the molecule is COc1ccc(-c2nnc(N(CC(C)C)C(=O)Cc3ccccc3OC)s2)cc1. The maximum atomic E-state index is 13.1. The van der Waals surface area contributed by atoms with Crippen LogP contribution in [-0.2, 0) is 11.2 Å². The molecule has 0 aliphatic rings. The van der Waals surface area contributed by atoms with Crippen molar-refractivity contribution >= 4 is 22.4 Å². The fraction of sp³-hybridized carbons (Fsp3) is 0.318. The zero-order valence-corrected chi connectivity index (χ0v) is 17.9. The molecule has 6 nitrogen and oxygen atoms in total. The lowest BCUT2D eigenvalue weighted by molar-refractivity contribution is -0.118. The van der Waals surface area contributed by atoms with E-state index in [-0.39, 0.29) is 12.3 Å². The molecule has 7 heteroatoms. The smallest absolute Gasteiger partial charge is 0.233 e. The van der Waals surface area contributed by atoms with Gasteiger partial charge in [-0.1, -0.05) is 43.4 Å². The first-order valence-corrected chi connectivity index (χ1v) is 10.2. The Kier molecular flexibility index (Phi) is 6.82. The Morgan fingerprint density at radius 3 is 2.41 bits per heavy atom. The Hall–Kier alpha value is -2.93. The summed E-state index contributed by atoms with van der Waals surface area (Å²) in [6, 6.07) is 15.2. The van der Waals surface area contributed by atoms with Crippen LogP contribution in [0.5, 0.6) is 11.5 Å². The van der Waals surface area contributed by atoms with Crippen molar-refractivity contribution in [2.45, 2.75) is 20.3 Å². The van der Waals surface area contributed by atoms with E-state index in [1.165, 1.54) is 11.3 Å². The van der Waals surface area contributed by atoms with Crippen molar-refractivity contribution in [2.24, 2.45) is 5.92 Å². The van der Waals surface area contributed by atoms with Gasteiger partial charge in [-0.3, -0.25) is 9.69 Å². The summed E-state index contributed by atoms with van der Waals surface area (Å²) in [5.41, 5.74) is 1.80. The van der Waals surface area contributed by atoms with Crippen LogP contribution in [0, 0.1) is 5.92 Å². The fourth-order valence-corrected chi connectivity index (χ4v) is 3.81. The second kappa shape index (κ2) is 9.52. The highest BCUT2D eigenvalue weighted by Crippen LogP contribution is 2.31. The van der Waals surface area contributed by atoms with Crippen LogP contribution >= 0.6 is 11.3 Å². The quantitative estimate of drug-likeness (QED) is 0.548. The Labute approximate surface area is 175 Å². The molecule has 0 bridgehead atoms. The van der Waals surface area contributed by atoms with Gasteiger partial charge in [-0.05, 0) is 36.2 Å². The molecular formula is C22H25N3O3S. The first-order chi connectivity index (χ1) is 14.0. The summed E-state index contributed by atoms with van der Waals surface area (Å²) in [6.45, 7) is 4.73. The summed E-state index contributed by atoms with van der Waals surface area (Å²) in [6.07, 6.45) is 0.244. The minimum absolute atomic E-state index is 0.0272. The minimum atomic E-state index is -0.0272. The van der Waals surface area contributed by atoms with Gasteiger partial charge < -0.3 is 9.47 Å². The van der Waals surface area contributed by atoms with Crippen molar-refractivity contribution in [1.82, 2.24) is 10.2 Å². The van der Waals surface area contributed by atoms with E-state index in [2.05, 4.69) is 24.0 Å². The summed E-state index contributed by atoms with van der Waals surface area (Å²) in [5, 5.41) is 9.97. The average molecular weight is 412 g/mol. The van der Waals surface area contributed by atoms with Crippen molar-refractivity contribution in [3.05, 3.63) is 54.1 Å². The van der Waals surface area contributed by atoms with Gasteiger partial charge in [0.1, 0.15) is 16.5 Å². The molecule has 0 spiro atoms. The van der Waals surface area contributed by atoms with Crippen molar-refractivity contribution in [2.75, 3.05) is 25.7 Å². The van der Waals surface area contributed by atoms with E-state index in [1.54, 1.807) is 19.1 Å². The number of ether oxygens (including phenoxy) is 2. The Morgan fingerprint density at radius 2 is 1.76 bits per heavy atom. The second-order valence-corrected chi connectivity index (χ2v) is 7.96. The first-order valence-electron chi connectivity index (χ1n) is 9.42. The number of para-hydroxylation sites is 1. The highest BCUT2D eigenvalue weighted by atomic mass is 32.1. The summed E-state index contributed by atoms with van der Waals surface area (Å²) < 4.78 is 10.6. The van der Waals surface area contributed by atoms with E-state index in [9.17, 15) is 4.79 Å². The van der Waals surface area contributed by atoms with Crippen LogP contribution < -0.4 is 14.4 Å². The van der Waals surface area contributed by atoms with Gasteiger partial charge >= 0.3 is 0 Å². The molecule has 0 atom stereocenters. The average Bonchev–Trinajstić information content (AvgIpc) is 3.22. The lowest BCUT2D eigenvalue weighted by Gasteiger charge is -2.22. The van der Waals surface area contributed by atoms with Gasteiger partial charge in [-0.25, -0.2) is 0 Å². The zero-order valence-electron chi connectivity index (χ0n) is 17.1. The third kappa shape index (κ3) is 5.12. The molecule has 0 saturated carbocycles. The van der Waals surface area contributed by atoms with Crippen molar-refractivity contribution in [3.8, 4) is 22.1 Å². The van der Waals surface area contributed by atoms with Crippen molar-refractivity contribution in [1.29, 1.82) is 0 Å². The molecule has 0 unspecified atom stereocenters. The number of anilines is 1. The van der Waals surface area contributed by atoms with E-state index in [1.807, 2.05) is 48.5 Å². The number of aromatic nitrogens is 2. The van der Waals surface area contributed by atoms with Crippen LogP contribution in [0.3, 0.4) is 0 Å². The molecule has 3 rings (SSSR count). The van der Waals surface area contributed by atoms with Gasteiger partial charge in [0.05, 0.1) is 20.6 Å². The zero-order chi connectivity index (χ0) is 20.8. The maximum Gasteiger partial charge on any atom is 0.233 e. The first kappa shape index (κ1) is 20.8. The van der Waals surface area contributed by atoms with E-state index < -0.39 is 0 Å². The van der Waals surface area contributed by atoms with Crippen LogP contribution in [0.2, 0.25) is 0 Å². The fourth-order valence-electron chi connectivity index (χ4n) is 2.93. The number of amides is 1. The number of benzene rings is 2. The molecule has 0 aliphatic carbocycles. The Morgan fingerprint density at radius 1 is 1.03 bits per heavy atom. The topological polar surface area (TPSA) is 64.6 Å². The molecule has 0 saturated heterocycles. The van der Waals surface area contributed by atoms with E-state index in [0.29, 0.717) is 23.3 Å². The molecule has 152 valence electrons. The molecule has 0 radical (unpaired) electrons. The standard InChI is InChI=1S/C22H25N3O3S/c1-15(2)14-25(20(26)13-17-7-5-6-8-19(17)28-4)22-24-23-21(29-22)16-9-11-18(27-3)12-10-16/h5-12,15H,13-14H2,1-4H3. The van der Waals surface area contributed by atoms with Gasteiger partial charge in [0, 0.05) is 17.7 Å². The highest BCUT2D eigenvalue weighted by Gasteiger charge is 2.23. The summed E-state index contributed by atoms with van der Waals surface area (Å²) in [5.74, 6) is 1.76. The van der Waals surface area contributed by atoms with E-state index in [0.717, 1.165) is 21.9 Å². The molecule has 1 amide bonds. The highest BCUT2D eigenvalue weighted by molar-refractivity contribution is 7.18. The molecule has 3 aromatic rings. The third-order valence-corrected chi connectivity index (χ3v) is 5.36. The largest absolute Gasteiger partial charge is 0.497 e. The number of hydrogen-bond acceptors (Lipinski definition) is 6. The molecule has 1 aromatic heterocycles. The van der Waals surface area contributed by atoms with Crippen LogP contribution in [0.25, 0.3) is 10.6 Å². The van der Waals surface area contributed by atoms with Crippen LogP contribution in [0.4, 0.5) is 5.13 Å². The van der Waals surface area contributed by atoms with Gasteiger partial charge in [-0.15, -0.1) is 10.2 Å². The number of hydrogen-bond donors (Lipinski definition) is 0. The number of methoxy groups -OCH3 is 2. The predicted molar refractivity (Wildman–Crippen MR) is 116 cm³/mol. The minimum Gasteiger partial charge on any atom is -0.497 e. The summed E-state index contributed by atoms with van der Waals surface area (Å²) >= 11 is 1.41. The van der Waals surface area contributed by atoms with Gasteiger partial charge in [0.15, 0.2) is 0 Å². The second-order valence-electron chi connectivity index (χ2n) is 7.01. The lowest BCUT2D eigenvalue weighted by atomic mass is 10.1. The molecule has 1 heterocycles. The predicted octanol–water partition coefficient (Wildman–Crippen LogP) is 4.45. The van der Waals surface area contributed by atoms with Gasteiger partial charge in [0.25, 0.3) is 0 Å². The normalized spacial score (nSPS) is 10.8. The third-order valence-electron chi connectivity index (χ3n) is 4.37. The van der Waals surface area contributed by atoms with Crippen LogP contribution in [0.15, 0.2) is 48.5 Å². The molecule has 0 N–H and O–H groups in total. The maximum absolute atomic E-state index is 13.1. The van der Waals surface area contributed by atoms with Crippen LogP contribution in [0.1, 0.15) is 19.4 Å². The number of carbonyl (C=O) groups excluding carboxylic acids is 1. The lowest BCUT2D eigenvalue weighted by Crippen LogP contribution is -2.35. The number of rotatable bonds is 8. The number of carbonyl (C=O) groups is 1. The van der Waals surface area contributed by atoms with E-state index >= 15 is 0 Å². The molecule has 0 aliphatic heterocycles. The Balaban J connectivity index is 1.84. The van der Waals surface area contributed by atoms with Crippen molar-refractivity contribution < 1.29 is 14.3 Å². The molecule has 0 fully saturated rings. The number of nitrogens with zero attached hydrogens (tertiary/aromatic N) is 3. The molecular weight excluding hydrogens is 386 g/mol. The van der Waals surface area contributed by atoms with Crippen LogP contribution in [-0.4, -0.2) is 36.9 Å². The molecule has 29 heavy (non-hydrogen) atoms.